The monoisotopic (exact) mass is 417 g/mol. The van der Waals surface area contributed by atoms with Crippen molar-refractivity contribution in [3.8, 4) is 5.75 Å². The Balaban J connectivity index is 2.17. The topological polar surface area (TPSA) is 83.9 Å². The SMILES string of the molecule is CCN(CC)OC(=O)c1cccc(C(=O)c2ccccc2O)c1C(=O)c1ccccc1. The number of hydrogen-bond acceptors (Lipinski definition) is 6. The highest BCUT2D eigenvalue weighted by Crippen LogP contribution is 2.26. The number of phenols is 1. The summed E-state index contributed by atoms with van der Waals surface area (Å²) in [4.78, 5) is 45.0. The van der Waals surface area contributed by atoms with Gasteiger partial charge in [-0.3, -0.25) is 9.59 Å². The number of carbonyl (C=O) groups excluding carboxylic acids is 3. The summed E-state index contributed by atoms with van der Waals surface area (Å²) in [6.07, 6.45) is 0. The summed E-state index contributed by atoms with van der Waals surface area (Å²) in [7, 11) is 0. The van der Waals surface area contributed by atoms with Crippen LogP contribution in [0.3, 0.4) is 0 Å². The third-order valence-corrected chi connectivity index (χ3v) is 4.86. The third-order valence-electron chi connectivity index (χ3n) is 4.86. The fourth-order valence-corrected chi connectivity index (χ4v) is 3.22. The van der Waals surface area contributed by atoms with E-state index in [1.54, 1.807) is 42.5 Å². The minimum absolute atomic E-state index is 0.0120. The summed E-state index contributed by atoms with van der Waals surface area (Å²) in [5.74, 6) is -1.97. The molecule has 6 heteroatoms. The van der Waals surface area contributed by atoms with Gasteiger partial charge in [0.1, 0.15) is 5.75 Å². The molecule has 0 unspecified atom stereocenters. The van der Waals surface area contributed by atoms with Gasteiger partial charge in [0.15, 0.2) is 11.6 Å². The molecule has 3 aromatic carbocycles. The van der Waals surface area contributed by atoms with E-state index in [1.807, 2.05) is 13.8 Å². The summed E-state index contributed by atoms with van der Waals surface area (Å²) in [5, 5.41) is 11.6. The zero-order chi connectivity index (χ0) is 22.4. The van der Waals surface area contributed by atoms with Crippen molar-refractivity contribution in [2.45, 2.75) is 13.8 Å². The van der Waals surface area contributed by atoms with Crippen molar-refractivity contribution in [2.75, 3.05) is 13.1 Å². The zero-order valence-corrected chi connectivity index (χ0v) is 17.4. The number of nitrogens with zero attached hydrogens (tertiary/aromatic N) is 1. The van der Waals surface area contributed by atoms with Gasteiger partial charge in [-0.1, -0.05) is 54.6 Å². The molecule has 6 nitrogen and oxygen atoms in total. The Labute approximate surface area is 180 Å². The number of rotatable bonds is 8. The Morgan fingerprint density at radius 2 is 1.32 bits per heavy atom. The van der Waals surface area contributed by atoms with Crippen LogP contribution in [-0.2, 0) is 4.84 Å². The molecule has 0 aromatic heterocycles. The lowest BCUT2D eigenvalue weighted by Crippen LogP contribution is -2.28. The maximum atomic E-state index is 13.4. The molecule has 0 saturated carbocycles. The van der Waals surface area contributed by atoms with Gasteiger partial charge in [-0.2, -0.15) is 0 Å². The van der Waals surface area contributed by atoms with Crippen molar-refractivity contribution in [2.24, 2.45) is 0 Å². The highest BCUT2D eigenvalue weighted by Gasteiger charge is 2.28. The van der Waals surface area contributed by atoms with Crippen LogP contribution in [0.2, 0.25) is 0 Å². The molecule has 3 rings (SSSR count). The second kappa shape index (κ2) is 9.82. The summed E-state index contributed by atoms with van der Waals surface area (Å²) in [6.45, 7) is 4.62. The van der Waals surface area contributed by atoms with E-state index in [2.05, 4.69) is 0 Å². The third kappa shape index (κ3) is 4.70. The largest absolute Gasteiger partial charge is 0.507 e. The van der Waals surface area contributed by atoms with E-state index in [1.165, 1.54) is 35.4 Å². The van der Waals surface area contributed by atoms with Crippen LogP contribution in [-0.4, -0.2) is 40.8 Å². The average Bonchev–Trinajstić information content (AvgIpc) is 2.81. The first-order chi connectivity index (χ1) is 15.0. The number of ketones is 2. The van der Waals surface area contributed by atoms with Crippen LogP contribution in [0.25, 0.3) is 0 Å². The molecule has 0 amide bonds. The summed E-state index contributed by atoms with van der Waals surface area (Å²) in [5.41, 5.74) is 0.321. The fraction of sp³-hybridized carbons (Fsp3) is 0.160. The standard InChI is InChI=1S/C25H23NO5/c1-3-26(4-2)31-25(30)20-15-10-14-19(24(29)18-13-8-9-16-21(18)27)22(20)23(28)17-11-6-5-7-12-17/h5-16,27H,3-4H2,1-2H3. The Hall–Kier alpha value is -3.77. The number of phenolic OH excluding ortho intramolecular Hbond substituents is 1. The van der Waals surface area contributed by atoms with Crippen LogP contribution in [0.4, 0.5) is 0 Å². The van der Waals surface area contributed by atoms with E-state index in [0.29, 0.717) is 18.7 Å². The molecular weight excluding hydrogens is 394 g/mol. The molecule has 0 saturated heterocycles. The number of aromatic hydroxyl groups is 1. The molecule has 0 spiro atoms. The van der Waals surface area contributed by atoms with Gasteiger partial charge in [0.2, 0.25) is 0 Å². The minimum Gasteiger partial charge on any atom is -0.507 e. The van der Waals surface area contributed by atoms with Gasteiger partial charge in [-0.25, -0.2) is 4.79 Å². The van der Waals surface area contributed by atoms with Gasteiger partial charge in [0.25, 0.3) is 0 Å². The van der Waals surface area contributed by atoms with Gasteiger partial charge in [0, 0.05) is 29.8 Å². The normalized spacial score (nSPS) is 10.7. The van der Waals surface area contributed by atoms with E-state index in [0.717, 1.165) is 0 Å². The number of benzene rings is 3. The lowest BCUT2D eigenvalue weighted by Gasteiger charge is -2.19. The molecule has 0 fully saturated rings. The van der Waals surface area contributed by atoms with E-state index in [9.17, 15) is 19.5 Å². The molecule has 0 aliphatic rings. The maximum Gasteiger partial charge on any atom is 0.357 e. The predicted octanol–water partition coefficient (Wildman–Crippen LogP) is 4.27. The van der Waals surface area contributed by atoms with Crippen molar-refractivity contribution in [1.29, 1.82) is 0 Å². The molecule has 0 atom stereocenters. The summed E-state index contributed by atoms with van der Waals surface area (Å²) >= 11 is 0. The van der Waals surface area contributed by atoms with Crippen LogP contribution in [0, 0.1) is 0 Å². The first kappa shape index (κ1) is 21.9. The van der Waals surface area contributed by atoms with E-state index >= 15 is 0 Å². The van der Waals surface area contributed by atoms with Gasteiger partial charge in [-0.15, -0.1) is 5.06 Å². The minimum atomic E-state index is -0.727. The lowest BCUT2D eigenvalue weighted by atomic mass is 9.89. The maximum absolute atomic E-state index is 13.4. The molecule has 0 heterocycles. The van der Waals surface area contributed by atoms with Gasteiger partial charge in [-0.05, 0) is 32.0 Å². The average molecular weight is 417 g/mol. The van der Waals surface area contributed by atoms with Crippen molar-refractivity contribution >= 4 is 17.5 Å². The molecule has 3 aromatic rings. The van der Waals surface area contributed by atoms with Crippen molar-refractivity contribution in [1.82, 2.24) is 5.06 Å². The Bertz CT molecular complexity index is 1100. The molecule has 0 aliphatic carbocycles. The zero-order valence-electron chi connectivity index (χ0n) is 17.4. The Morgan fingerprint density at radius 1 is 0.742 bits per heavy atom. The van der Waals surface area contributed by atoms with Crippen LogP contribution in [0.5, 0.6) is 5.75 Å². The molecule has 31 heavy (non-hydrogen) atoms. The second-order valence-corrected chi connectivity index (χ2v) is 6.76. The van der Waals surface area contributed by atoms with Crippen LogP contribution in [0.1, 0.15) is 56.0 Å². The van der Waals surface area contributed by atoms with Gasteiger partial charge >= 0.3 is 5.97 Å². The Morgan fingerprint density at radius 3 is 1.97 bits per heavy atom. The highest BCUT2D eigenvalue weighted by molar-refractivity contribution is 6.23. The van der Waals surface area contributed by atoms with Crippen LogP contribution < -0.4 is 0 Å². The molecule has 1 N–H and O–H groups in total. The molecular formula is C25H23NO5. The molecule has 158 valence electrons. The number of hydrogen-bond donors (Lipinski definition) is 1. The first-order valence-corrected chi connectivity index (χ1v) is 10.0. The van der Waals surface area contributed by atoms with Gasteiger partial charge in [0.05, 0.1) is 11.1 Å². The first-order valence-electron chi connectivity index (χ1n) is 10.0. The summed E-state index contributed by atoms with van der Waals surface area (Å²) in [6, 6.07) is 18.9. The molecule has 0 aliphatic heterocycles. The van der Waals surface area contributed by atoms with E-state index < -0.39 is 17.5 Å². The van der Waals surface area contributed by atoms with Crippen molar-refractivity contribution in [3.63, 3.8) is 0 Å². The summed E-state index contributed by atoms with van der Waals surface area (Å²) < 4.78 is 0. The number of carbonyl (C=O) groups is 3. The number of para-hydroxylation sites is 1. The van der Waals surface area contributed by atoms with Crippen LogP contribution in [0.15, 0.2) is 72.8 Å². The number of hydroxylamine groups is 2. The smallest absolute Gasteiger partial charge is 0.357 e. The fourth-order valence-electron chi connectivity index (χ4n) is 3.22. The van der Waals surface area contributed by atoms with Gasteiger partial charge < -0.3 is 9.94 Å². The lowest BCUT2D eigenvalue weighted by molar-refractivity contribution is -0.103. The Kier molecular flexibility index (Phi) is 6.95. The van der Waals surface area contributed by atoms with Crippen LogP contribution >= 0.6 is 0 Å². The van der Waals surface area contributed by atoms with Crippen molar-refractivity contribution < 1.29 is 24.3 Å². The van der Waals surface area contributed by atoms with Crippen molar-refractivity contribution in [3.05, 3.63) is 101 Å². The molecule has 0 radical (unpaired) electrons. The second-order valence-electron chi connectivity index (χ2n) is 6.76. The highest BCUT2D eigenvalue weighted by atomic mass is 16.7. The molecule has 0 bridgehead atoms. The quantitative estimate of drug-likeness (QED) is 0.435. The van der Waals surface area contributed by atoms with E-state index in [-0.39, 0.29) is 28.0 Å². The predicted molar refractivity (Wildman–Crippen MR) is 116 cm³/mol. The van der Waals surface area contributed by atoms with E-state index in [4.69, 9.17) is 4.84 Å².